The van der Waals surface area contributed by atoms with Crippen molar-refractivity contribution in [3.05, 3.63) is 81.8 Å². The van der Waals surface area contributed by atoms with Crippen LogP contribution in [-0.2, 0) is 13.0 Å². The van der Waals surface area contributed by atoms with Crippen LogP contribution in [0.25, 0.3) is 0 Å². The standard InChI is InChI=1S/C18H18N2S/c1-14-19-12-17(21-14)13-20-18-10-6-5-9-16(18)11-15-7-3-2-4-8-15/h2-10,12,20H,11,13H2,1H3. The second-order valence-corrected chi connectivity index (χ2v) is 6.34. The molecule has 1 heterocycles. The first-order valence-electron chi connectivity index (χ1n) is 7.08. The monoisotopic (exact) mass is 294 g/mol. The molecule has 0 unspecified atom stereocenters. The molecule has 3 heteroatoms. The fourth-order valence-electron chi connectivity index (χ4n) is 2.33. The fraction of sp³-hybridized carbons (Fsp3) is 0.167. The molecule has 0 atom stereocenters. The van der Waals surface area contributed by atoms with E-state index in [9.17, 15) is 0 Å². The summed E-state index contributed by atoms with van der Waals surface area (Å²) >= 11 is 1.74. The Balaban J connectivity index is 1.73. The van der Waals surface area contributed by atoms with Crippen LogP contribution in [0, 0.1) is 6.92 Å². The Morgan fingerprint density at radius 3 is 2.52 bits per heavy atom. The molecule has 0 aliphatic heterocycles. The van der Waals surface area contributed by atoms with Crippen molar-refractivity contribution in [1.29, 1.82) is 0 Å². The van der Waals surface area contributed by atoms with Crippen LogP contribution in [0.1, 0.15) is 21.0 Å². The summed E-state index contributed by atoms with van der Waals surface area (Å²) in [7, 11) is 0. The normalized spacial score (nSPS) is 10.5. The summed E-state index contributed by atoms with van der Waals surface area (Å²) in [5, 5.41) is 4.65. The first kappa shape index (κ1) is 13.8. The number of rotatable bonds is 5. The maximum absolute atomic E-state index is 4.30. The van der Waals surface area contributed by atoms with Gasteiger partial charge in [-0.05, 0) is 30.5 Å². The zero-order valence-electron chi connectivity index (χ0n) is 12.0. The van der Waals surface area contributed by atoms with Crippen molar-refractivity contribution in [2.75, 3.05) is 5.32 Å². The number of para-hydroxylation sites is 1. The van der Waals surface area contributed by atoms with Crippen LogP contribution in [0.5, 0.6) is 0 Å². The van der Waals surface area contributed by atoms with Crippen molar-refractivity contribution in [2.24, 2.45) is 0 Å². The smallest absolute Gasteiger partial charge is 0.0897 e. The Labute approximate surface area is 129 Å². The molecule has 106 valence electrons. The van der Waals surface area contributed by atoms with Crippen LogP contribution < -0.4 is 5.32 Å². The molecule has 3 rings (SSSR count). The number of nitrogens with zero attached hydrogens (tertiary/aromatic N) is 1. The van der Waals surface area contributed by atoms with Gasteiger partial charge >= 0.3 is 0 Å². The molecule has 2 aromatic carbocycles. The van der Waals surface area contributed by atoms with Gasteiger partial charge in [0.1, 0.15) is 0 Å². The van der Waals surface area contributed by atoms with Crippen LogP contribution in [0.15, 0.2) is 60.8 Å². The highest BCUT2D eigenvalue weighted by molar-refractivity contribution is 7.11. The van der Waals surface area contributed by atoms with Gasteiger partial charge in [0.2, 0.25) is 0 Å². The predicted octanol–water partition coefficient (Wildman–Crippen LogP) is 4.65. The highest BCUT2D eigenvalue weighted by Crippen LogP contribution is 2.21. The number of aryl methyl sites for hydroxylation is 1. The third-order valence-corrected chi connectivity index (χ3v) is 4.29. The lowest BCUT2D eigenvalue weighted by molar-refractivity contribution is 1.13. The molecule has 2 nitrogen and oxygen atoms in total. The van der Waals surface area contributed by atoms with Crippen LogP contribution in [0.2, 0.25) is 0 Å². The minimum atomic E-state index is 0.831. The molecule has 21 heavy (non-hydrogen) atoms. The van der Waals surface area contributed by atoms with Crippen molar-refractivity contribution in [3.63, 3.8) is 0 Å². The first-order valence-corrected chi connectivity index (χ1v) is 7.90. The van der Waals surface area contributed by atoms with Gasteiger partial charge in [-0.2, -0.15) is 0 Å². The van der Waals surface area contributed by atoms with E-state index in [1.165, 1.54) is 21.7 Å². The van der Waals surface area contributed by atoms with Crippen molar-refractivity contribution in [2.45, 2.75) is 19.9 Å². The molecule has 1 aromatic heterocycles. The van der Waals surface area contributed by atoms with E-state index in [2.05, 4.69) is 64.9 Å². The average molecular weight is 294 g/mol. The number of aromatic nitrogens is 1. The van der Waals surface area contributed by atoms with Gasteiger partial charge in [0.15, 0.2) is 0 Å². The van der Waals surface area contributed by atoms with Gasteiger partial charge in [-0.15, -0.1) is 11.3 Å². The van der Waals surface area contributed by atoms with E-state index in [1.54, 1.807) is 11.3 Å². The van der Waals surface area contributed by atoms with Crippen LogP contribution in [-0.4, -0.2) is 4.98 Å². The van der Waals surface area contributed by atoms with Crippen LogP contribution >= 0.6 is 11.3 Å². The molecule has 0 aliphatic rings. The fourth-order valence-corrected chi connectivity index (χ4v) is 3.07. The van der Waals surface area contributed by atoms with Gasteiger partial charge in [0, 0.05) is 16.8 Å². The van der Waals surface area contributed by atoms with Crippen molar-refractivity contribution >= 4 is 17.0 Å². The first-order chi connectivity index (χ1) is 10.3. The predicted molar refractivity (Wildman–Crippen MR) is 89.9 cm³/mol. The second kappa shape index (κ2) is 6.55. The molecule has 0 saturated carbocycles. The van der Waals surface area contributed by atoms with E-state index < -0.39 is 0 Å². The lowest BCUT2D eigenvalue weighted by atomic mass is 10.0. The van der Waals surface area contributed by atoms with Gasteiger partial charge in [-0.3, -0.25) is 0 Å². The summed E-state index contributed by atoms with van der Waals surface area (Å²) in [6.45, 7) is 2.87. The van der Waals surface area contributed by atoms with Crippen LogP contribution in [0.3, 0.4) is 0 Å². The minimum absolute atomic E-state index is 0.831. The summed E-state index contributed by atoms with van der Waals surface area (Å²) < 4.78 is 0. The molecule has 0 radical (unpaired) electrons. The molecule has 3 aromatic rings. The molecular weight excluding hydrogens is 276 g/mol. The number of nitrogens with one attached hydrogen (secondary N) is 1. The largest absolute Gasteiger partial charge is 0.380 e. The van der Waals surface area contributed by atoms with Gasteiger partial charge in [-0.25, -0.2) is 4.98 Å². The lowest BCUT2D eigenvalue weighted by Crippen LogP contribution is -2.01. The summed E-state index contributed by atoms with van der Waals surface area (Å²) in [6.07, 6.45) is 2.90. The molecule has 0 fully saturated rings. The molecule has 0 bridgehead atoms. The van der Waals surface area contributed by atoms with E-state index in [1.807, 2.05) is 13.1 Å². The highest BCUT2D eigenvalue weighted by atomic mass is 32.1. The molecule has 1 N–H and O–H groups in total. The summed E-state index contributed by atoms with van der Waals surface area (Å²) in [6, 6.07) is 19.1. The molecule has 0 aliphatic carbocycles. The second-order valence-electron chi connectivity index (χ2n) is 5.02. The Bertz CT molecular complexity index is 704. The zero-order chi connectivity index (χ0) is 14.5. The Morgan fingerprint density at radius 2 is 1.76 bits per heavy atom. The Hall–Kier alpha value is -2.13. The molecular formula is C18H18N2S. The number of benzene rings is 2. The third kappa shape index (κ3) is 3.70. The number of hydrogen-bond donors (Lipinski definition) is 1. The van der Waals surface area contributed by atoms with Gasteiger partial charge in [0.05, 0.1) is 11.6 Å². The van der Waals surface area contributed by atoms with E-state index >= 15 is 0 Å². The maximum Gasteiger partial charge on any atom is 0.0897 e. The Kier molecular flexibility index (Phi) is 4.31. The van der Waals surface area contributed by atoms with Crippen molar-refractivity contribution in [1.82, 2.24) is 4.98 Å². The summed E-state index contributed by atoms with van der Waals surface area (Å²) in [4.78, 5) is 5.56. The number of hydrogen-bond acceptors (Lipinski definition) is 3. The van der Waals surface area contributed by atoms with Crippen LogP contribution in [0.4, 0.5) is 5.69 Å². The van der Waals surface area contributed by atoms with Gasteiger partial charge in [0.25, 0.3) is 0 Å². The summed E-state index contributed by atoms with van der Waals surface area (Å²) in [5.41, 5.74) is 3.86. The van der Waals surface area contributed by atoms with Crippen molar-refractivity contribution in [3.8, 4) is 0 Å². The number of thiazole rings is 1. The van der Waals surface area contributed by atoms with Gasteiger partial charge < -0.3 is 5.32 Å². The maximum atomic E-state index is 4.30. The van der Waals surface area contributed by atoms with E-state index in [4.69, 9.17) is 0 Å². The van der Waals surface area contributed by atoms with E-state index in [0.717, 1.165) is 18.0 Å². The lowest BCUT2D eigenvalue weighted by Gasteiger charge is -2.11. The zero-order valence-corrected chi connectivity index (χ0v) is 12.9. The molecule has 0 spiro atoms. The van der Waals surface area contributed by atoms with E-state index in [0.29, 0.717) is 0 Å². The minimum Gasteiger partial charge on any atom is -0.380 e. The third-order valence-electron chi connectivity index (χ3n) is 3.38. The topological polar surface area (TPSA) is 24.9 Å². The Morgan fingerprint density at radius 1 is 1.00 bits per heavy atom. The number of anilines is 1. The average Bonchev–Trinajstić information content (AvgIpc) is 2.93. The summed E-state index contributed by atoms with van der Waals surface area (Å²) in [5.74, 6) is 0. The van der Waals surface area contributed by atoms with E-state index in [-0.39, 0.29) is 0 Å². The molecule has 0 saturated heterocycles. The quantitative estimate of drug-likeness (QED) is 0.740. The van der Waals surface area contributed by atoms with Crippen molar-refractivity contribution < 1.29 is 0 Å². The van der Waals surface area contributed by atoms with Gasteiger partial charge in [-0.1, -0.05) is 48.5 Å². The SMILES string of the molecule is Cc1ncc(CNc2ccccc2Cc2ccccc2)s1. The highest BCUT2D eigenvalue weighted by Gasteiger charge is 2.04. The molecule has 0 amide bonds.